The first-order valence-corrected chi connectivity index (χ1v) is 6.29. The molecule has 1 N–H and O–H groups in total. The van der Waals surface area contributed by atoms with Crippen molar-refractivity contribution in [2.75, 3.05) is 13.1 Å². The van der Waals surface area contributed by atoms with E-state index in [9.17, 15) is 8.42 Å². The second kappa shape index (κ2) is 5.08. The Hall–Kier alpha value is -1.15. The van der Waals surface area contributed by atoms with Crippen LogP contribution in [0.25, 0.3) is 10.4 Å². The van der Waals surface area contributed by atoms with Crippen LogP contribution in [0.4, 0.5) is 0 Å². The summed E-state index contributed by atoms with van der Waals surface area (Å²) in [5.41, 5.74) is 7.99. The van der Waals surface area contributed by atoms with Crippen molar-refractivity contribution < 1.29 is 8.42 Å². The van der Waals surface area contributed by atoms with Gasteiger partial charge in [-0.15, -0.1) is 11.3 Å². The van der Waals surface area contributed by atoms with E-state index in [4.69, 9.17) is 5.53 Å². The maximum atomic E-state index is 11.5. The molecular formula is C6H9N5O2S2. The lowest BCUT2D eigenvalue weighted by molar-refractivity contribution is 0.584. The fraction of sp³-hybridized carbons (Fsp3) is 0.500. The molecule has 0 saturated carbocycles. The summed E-state index contributed by atoms with van der Waals surface area (Å²) in [7, 11) is -3.50. The molecule has 0 radical (unpaired) electrons. The van der Waals surface area contributed by atoms with E-state index in [0.29, 0.717) is 5.01 Å². The summed E-state index contributed by atoms with van der Waals surface area (Å²) in [6, 6.07) is 0. The van der Waals surface area contributed by atoms with Gasteiger partial charge in [-0.3, -0.25) is 0 Å². The molecule has 0 bridgehead atoms. The van der Waals surface area contributed by atoms with E-state index in [2.05, 4.69) is 19.7 Å². The van der Waals surface area contributed by atoms with Crippen LogP contribution in [0.2, 0.25) is 0 Å². The monoisotopic (exact) mass is 247 g/mol. The summed E-state index contributed by atoms with van der Waals surface area (Å²) in [4.78, 5) is 6.36. The van der Waals surface area contributed by atoms with Crippen molar-refractivity contribution in [2.45, 2.75) is 11.1 Å². The van der Waals surface area contributed by atoms with Crippen LogP contribution in [0.15, 0.2) is 15.5 Å². The third-order valence-electron chi connectivity index (χ3n) is 1.43. The van der Waals surface area contributed by atoms with Crippen molar-refractivity contribution in [2.24, 2.45) is 5.11 Å². The first kappa shape index (κ1) is 11.9. The van der Waals surface area contributed by atoms with E-state index in [-0.39, 0.29) is 17.3 Å². The Morgan fingerprint density at radius 3 is 3.00 bits per heavy atom. The average molecular weight is 247 g/mol. The summed E-state index contributed by atoms with van der Waals surface area (Å²) in [5.74, 6) is 0. The molecule has 0 fully saturated rings. The van der Waals surface area contributed by atoms with E-state index in [1.807, 2.05) is 0 Å². The number of sulfonamides is 1. The molecule has 0 spiro atoms. The van der Waals surface area contributed by atoms with Gasteiger partial charge in [0.2, 0.25) is 0 Å². The molecule has 7 nitrogen and oxygen atoms in total. The van der Waals surface area contributed by atoms with Gasteiger partial charge in [0.1, 0.15) is 0 Å². The number of hydrogen-bond donors (Lipinski definition) is 1. The highest BCUT2D eigenvalue weighted by Crippen LogP contribution is 2.16. The number of nitrogens with zero attached hydrogens (tertiary/aromatic N) is 4. The molecule has 82 valence electrons. The van der Waals surface area contributed by atoms with Gasteiger partial charge in [-0.1, -0.05) is 5.11 Å². The Kier molecular flexibility index (Phi) is 4.04. The molecule has 0 unspecified atom stereocenters. The van der Waals surface area contributed by atoms with E-state index in [0.717, 1.165) is 11.3 Å². The number of aromatic nitrogens is 1. The number of hydrogen-bond acceptors (Lipinski definition) is 5. The van der Waals surface area contributed by atoms with Crippen molar-refractivity contribution >= 4 is 21.4 Å². The van der Waals surface area contributed by atoms with Crippen LogP contribution in [0.1, 0.15) is 5.01 Å². The Balaban J connectivity index is 2.64. The molecule has 0 aliphatic rings. The summed E-state index contributed by atoms with van der Waals surface area (Å²) < 4.78 is 25.5. The molecule has 9 heteroatoms. The molecule has 0 atom stereocenters. The Bertz CT molecular complexity index is 473. The lowest BCUT2D eigenvalue weighted by Crippen LogP contribution is -2.25. The summed E-state index contributed by atoms with van der Waals surface area (Å²) >= 11 is 1.09. The molecule has 0 aromatic carbocycles. The van der Waals surface area contributed by atoms with Crippen LogP contribution in [0.3, 0.4) is 0 Å². The predicted molar refractivity (Wildman–Crippen MR) is 56.1 cm³/mol. The SMILES string of the molecule is Cc1ncc(S(=O)(=O)NCCN=[N+]=[N-])s1. The van der Waals surface area contributed by atoms with Crippen molar-refractivity contribution in [3.05, 3.63) is 21.6 Å². The zero-order chi connectivity index (χ0) is 11.3. The third kappa shape index (κ3) is 3.48. The number of azide groups is 1. The normalized spacial score (nSPS) is 11.0. The summed E-state index contributed by atoms with van der Waals surface area (Å²) in [6.07, 6.45) is 1.30. The van der Waals surface area contributed by atoms with Gasteiger partial charge in [0.25, 0.3) is 10.0 Å². The number of thiazole rings is 1. The maximum Gasteiger partial charge on any atom is 0.251 e. The quantitative estimate of drug-likeness (QED) is 0.363. The van der Waals surface area contributed by atoms with Crippen molar-refractivity contribution in [1.29, 1.82) is 0 Å². The molecule has 1 rings (SSSR count). The Morgan fingerprint density at radius 1 is 1.73 bits per heavy atom. The zero-order valence-electron chi connectivity index (χ0n) is 7.91. The fourth-order valence-corrected chi connectivity index (χ4v) is 2.99. The molecular weight excluding hydrogens is 238 g/mol. The molecule has 0 amide bonds. The predicted octanol–water partition coefficient (Wildman–Crippen LogP) is 1.04. The van der Waals surface area contributed by atoms with Crippen molar-refractivity contribution in [3.8, 4) is 0 Å². The second-order valence-corrected chi connectivity index (χ2v) is 5.78. The van der Waals surface area contributed by atoms with Crippen molar-refractivity contribution in [3.63, 3.8) is 0 Å². The topological polar surface area (TPSA) is 108 Å². The van der Waals surface area contributed by atoms with E-state index < -0.39 is 10.0 Å². The smallest absolute Gasteiger partial charge is 0.249 e. The zero-order valence-corrected chi connectivity index (χ0v) is 9.55. The summed E-state index contributed by atoms with van der Waals surface area (Å²) in [5, 5.41) is 3.90. The number of aryl methyl sites for hydroxylation is 1. The average Bonchev–Trinajstić information content (AvgIpc) is 2.60. The highest BCUT2D eigenvalue weighted by molar-refractivity contribution is 7.91. The Morgan fingerprint density at radius 2 is 2.47 bits per heavy atom. The number of nitrogens with one attached hydrogen (secondary N) is 1. The van der Waals surface area contributed by atoms with E-state index in [1.54, 1.807) is 6.92 Å². The molecule has 15 heavy (non-hydrogen) atoms. The lowest BCUT2D eigenvalue weighted by atomic mass is 10.7. The van der Waals surface area contributed by atoms with Crippen LogP contribution < -0.4 is 4.72 Å². The second-order valence-electron chi connectivity index (χ2n) is 2.55. The Labute approximate surface area is 90.8 Å². The third-order valence-corrected chi connectivity index (χ3v) is 4.27. The first-order valence-electron chi connectivity index (χ1n) is 3.99. The first-order chi connectivity index (χ1) is 7.06. The van der Waals surface area contributed by atoms with Gasteiger partial charge in [0.15, 0.2) is 4.21 Å². The molecule has 0 aliphatic heterocycles. The van der Waals surface area contributed by atoms with Crippen molar-refractivity contribution in [1.82, 2.24) is 9.71 Å². The highest BCUT2D eigenvalue weighted by atomic mass is 32.2. The van der Waals surface area contributed by atoms with Gasteiger partial charge >= 0.3 is 0 Å². The fourth-order valence-electron chi connectivity index (χ4n) is 0.812. The standard InChI is InChI=1S/C6H9N5O2S2/c1-5-8-4-6(14-5)15(12,13)10-3-2-9-11-7/h4,10H,2-3H2,1H3. The number of rotatable bonds is 5. The van der Waals surface area contributed by atoms with Gasteiger partial charge < -0.3 is 0 Å². The van der Waals surface area contributed by atoms with Crippen LogP contribution in [-0.4, -0.2) is 26.5 Å². The minimum atomic E-state index is -3.50. The van der Waals surface area contributed by atoms with E-state index in [1.165, 1.54) is 6.20 Å². The minimum absolute atomic E-state index is 0.0866. The van der Waals surface area contributed by atoms with Crippen LogP contribution in [0.5, 0.6) is 0 Å². The minimum Gasteiger partial charge on any atom is -0.249 e. The van der Waals surface area contributed by atoms with Crippen LogP contribution >= 0.6 is 11.3 Å². The van der Waals surface area contributed by atoms with Gasteiger partial charge in [0, 0.05) is 18.0 Å². The van der Waals surface area contributed by atoms with Gasteiger partial charge in [-0.25, -0.2) is 18.1 Å². The molecule has 0 saturated heterocycles. The van der Waals surface area contributed by atoms with Crippen LogP contribution in [-0.2, 0) is 10.0 Å². The maximum absolute atomic E-state index is 11.5. The molecule has 0 aliphatic carbocycles. The highest BCUT2D eigenvalue weighted by Gasteiger charge is 2.15. The lowest BCUT2D eigenvalue weighted by Gasteiger charge is -2.00. The largest absolute Gasteiger partial charge is 0.251 e. The summed E-state index contributed by atoms with van der Waals surface area (Å²) in [6.45, 7) is 1.90. The van der Waals surface area contributed by atoms with Gasteiger partial charge in [-0.2, -0.15) is 0 Å². The molecule has 1 aromatic heterocycles. The molecule has 1 aromatic rings. The van der Waals surface area contributed by atoms with Crippen LogP contribution in [0, 0.1) is 6.92 Å². The van der Waals surface area contributed by atoms with E-state index >= 15 is 0 Å². The molecule has 1 heterocycles. The van der Waals surface area contributed by atoms with Gasteiger partial charge in [-0.05, 0) is 12.5 Å². The van der Waals surface area contributed by atoms with Gasteiger partial charge in [0.05, 0.1) is 11.2 Å².